The zero-order chi connectivity index (χ0) is 13.0. The number of aromatic hydroxyl groups is 1. The number of hydrogen-bond acceptors (Lipinski definition) is 3. The van der Waals surface area contributed by atoms with Crippen LogP contribution in [0.4, 0.5) is 11.4 Å². The molecule has 0 aliphatic heterocycles. The largest absolute Gasteiger partial charge is 0.506 e. The highest BCUT2D eigenvalue weighted by molar-refractivity contribution is 5.83. The van der Waals surface area contributed by atoms with E-state index in [1.165, 1.54) is 7.05 Å². The number of rotatable bonds is 3. The molecule has 18 heavy (non-hydrogen) atoms. The first-order valence-corrected chi connectivity index (χ1v) is 5.50. The van der Waals surface area contributed by atoms with Crippen molar-refractivity contribution in [2.45, 2.75) is 0 Å². The molecule has 2 rings (SSSR count). The number of nitrogens with zero attached hydrogens (tertiary/aromatic N) is 2. The molecule has 0 aromatic heterocycles. The monoisotopic (exact) mass is 241 g/mol. The summed E-state index contributed by atoms with van der Waals surface area (Å²) in [7, 11) is 1.44. The minimum absolute atomic E-state index is 0.130. The van der Waals surface area contributed by atoms with Gasteiger partial charge in [-0.25, -0.2) is 0 Å². The zero-order valence-corrected chi connectivity index (χ0v) is 9.95. The lowest BCUT2D eigenvalue weighted by Crippen LogP contribution is -1.91. The summed E-state index contributed by atoms with van der Waals surface area (Å²) in [6.07, 6.45) is 1.61. The molecule has 0 atom stereocenters. The maximum absolute atomic E-state index is 11.2. The third-order valence-corrected chi connectivity index (χ3v) is 2.47. The second-order valence-electron chi connectivity index (χ2n) is 3.84. The fraction of sp³-hybridized carbons (Fsp3) is 0.0714. The van der Waals surface area contributed by atoms with Gasteiger partial charge in [0.15, 0.2) is 7.05 Å². The Morgan fingerprint density at radius 3 is 2.67 bits per heavy atom. The number of para-hydroxylation sites is 2. The Balaban J connectivity index is 2.27. The van der Waals surface area contributed by atoms with Crippen molar-refractivity contribution in [2.75, 3.05) is 7.05 Å². The van der Waals surface area contributed by atoms with E-state index in [4.69, 9.17) is 0 Å². The lowest BCUT2D eigenvalue weighted by molar-refractivity contribution is -0.428. The molecule has 4 nitrogen and oxygen atoms in total. The van der Waals surface area contributed by atoms with Crippen LogP contribution in [0.15, 0.2) is 53.5 Å². The van der Waals surface area contributed by atoms with Crippen molar-refractivity contribution < 1.29 is 9.87 Å². The van der Waals surface area contributed by atoms with Gasteiger partial charge in [0.2, 0.25) is 0 Å². The second kappa shape index (κ2) is 5.23. The fourth-order valence-corrected chi connectivity index (χ4v) is 1.52. The summed E-state index contributed by atoms with van der Waals surface area (Å²) in [5.41, 5.74) is 1.87. The number of phenolic OH excluding ortho intramolecular Hbond substituents is 1. The Morgan fingerprint density at radius 1 is 1.17 bits per heavy atom. The van der Waals surface area contributed by atoms with Gasteiger partial charge in [-0.1, -0.05) is 24.3 Å². The van der Waals surface area contributed by atoms with E-state index in [-0.39, 0.29) is 5.75 Å². The van der Waals surface area contributed by atoms with E-state index in [2.05, 4.69) is 4.99 Å². The predicted octanol–water partition coefficient (Wildman–Crippen LogP) is 3.18. The van der Waals surface area contributed by atoms with Crippen molar-refractivity contribution in [1.29, 1.82) is 0 Å². The van der Waals surface area contributed by atoms with Gasteiger partial charge in [-0.15, -0.1) is 0 Å². The summed E-state index contributed by atoms with van der Waals surface area (Å²) < 4.78 is 0.789. The van der Waals surface area contributed by atoms with Crippen LogP contribution in [0.2, 0.25) is 0 Å². The number of nitroso groups, excluding NO2 is 1. The first-order valence-electron chi connectivity index (χ1n) is 5.50. The average molecular weight is 241 g/mol. The lowest BCUT2D eigenvalue weighted by Gasteiger charge is -1.97. The Labute approximate surface area is 105 Å². The summed E-state index contributed by atoms with van der Waals surface area (Å²) in [6, 6.07) is 13.9. The van der Waals surface area contributed by atoms with Gasteiger partial charge in [-0.3, -0.25) is 4.99 Å². The number of hydrogen-bond donors (Lipinski definition) is 1. The standard InChI is InChI=1S/C14H12N2O2/c1-16(18)12-6-4-5-11(9-12)10-15-13-7-2-3-8-14(13)17/h2-10H,1H3/p+1/b15-10+. The van der Waals surface area contributed by atoms with Gasteiger partial charge >= 0.3 is 0 Å². The Kier molecular flexibility index (Phi) is 3.48. The van der Waals surface area contributed by atoms with E-state index in [0.29, 0.717) is 11.4 Å². The summed E-state index contributed by atoms with van der Waals surface area (Å²) >= 11 is 0. The molecule has 0 unspecified atom stereocenters. The molecule has 0 amide bonds. The van der Waals surface area contributed by atoms with Crippen LogP contribution < -0.4 is 0 Å². The maximum atomic E-state index is 11.2. The van der Waals surface area contributed by atoms with Gasteiger partial charge in [0.25, 0.3) is 5.69 Å². The smallest absolute Gasteiger partial charge is 0.256 e. The van der Waals surface area contributed by atoms with Crippen LogP contribution in [0.25, 0.3) is 0 Å². The van der Waals surface area contributed by atoms with Crippen LogP contribution in [-0.4, -0.2) is 23.1 Å². The van der Waals surface area contributed by atoms with Crippen LogP contribution in [0.3, 0.4) is 0 Å². The molecule has 0 aliphatic carbocycles. The predicted molar refractivity (Wildman–Crippen MR) is 71.0 cm³/mol. The number of aliphatic imine (C=N–C) groups is 1. The molecule has 0 aliphatic rings. The van der Waals surface area contributed by atoms with Gasteiger partial charge in [0.05, 0.1) is 0 Å². The summed E-state index contributed by atoms with van der Waals surface area (Å²) in [5, 5.41) is 9.56. The molecular weight excluding hydrogens is 228 g/mol. The number of phenols is 1. The first-order chi connectivity index (χ1) is 8.66. The molecule has 0 spiro atoms. The summed E-state index contributed by atoms with van der Waals surface area (Å²) in [4.78, 5) is 15.3. The highest BCUT2D eigenvalue weighted by Crippen LogP contribution is 2.24. The van der Waals surface area contributed by atoms with E-state index in [1.807, 2.05) is 6.07 Å². The Morgan fingerprint density at radius 2 is 1.94 bits per heavy atom. The molecule has 2 aromatic rings. The SMILES string of the molecule is C[N+](=O)c1cccc(/C=N/c2ccccc2O)c1. The molecule has 0 heterocycles. The first kappa shape index (κ1) is 12.0. The number of benzene rings is 2. The minimum atomic E-state index is 0.130. The fourth-order valence-electron chi connectivity index (χ4n) is 1.52. The van der Waals surface area contributed by atoms with Crippen LogP contribution in [0, 0.1) is 4.91 Å². The Bertz CT molecular complexity index is 606. The van der Waals surface area contributed by atoms with Gasteiger partial charge in [-0.2, -0.15) is 0 Å². The molecule has 0 saturated heterocycles. The highest BCUT2D eigenvalue weighted by Gasteiger charge is 2.05. The third kappa shape index (κ3) is 2.79. The van der Waals surface area contributed by atoms with Gasteiger partial charge in [0.1, 0.15) is 11.4 Å². The van der Waals surface area contributed by atoms with Crippen molar-refractivity contribution in [1.82, 2.24) is 0 Å². The van der Waals surface area contributed by atoms with Gasteiger partial charge in [0, 0.05) is 28.0 Å². The zero-order valence-electron chi connectivity index (χ0n) is 9.95. The molecule has 90 valence electrons. The third-order valence-electron chi connectivity index (χ3n) is 2.47. The molecule has 1 N–H and O–H groups in total. The lowest BCUT2D eigenvalue weighted by atomic mass is 10.2. The maximum Gasteiger partial charge on any atom is 0.256 e. The van der Waals surface area contributed by atoms with Crippen molar-refractivity contribution >= 4 is 17.6 Å². The van der Waals surface area contributed by atoms with E-state index < -0.39 is 0 Å². The molecule has 4 heteroatoms. The van der Waals surface area contributed by atoms with E-state index >= 15 is 0 Å². The van der Waals surface area contributed by atoms with E-state index in [0.717, 1.165) is 10.3 Å². The van der Waals surface area contributed by atoms with Crippen molar-refractivity contribution in [3.05, 3.63) is 59.0 Å². The second-order valence-corrected chi connectivity index (χ2v) is 3.84. The van der Waals surface area contributed by atoms with Crippen LogP contribution in [0.1, 0.15) is 5.56 Å². The molecule has 0 bridgehead atoms. The van der Waals surface area contributed by atoms with Crippen molar-refractivity contribution in [2.24, 2.45) is 4.99 Å². The highest BCUT2D eigenvalue weighted by atomic mass is 16.3. The van der Waals surface area contributed by atoms with E-state index in [1.54, 1.807) is 48.7 Å². The van der Waals surface area contributed by atoms with Crippen LogP contribution in [0.5, 0.6) is 5.75 Å². The quantitative estimate of drug-likeness (QED) is 0.662. The normalized spacial score (nSPS) is 10.7. The summed E-state index contributed by atoms with van der Waals surface area (Å²) in [6.45, 7) is 0. The molecule has 2 aromatic carbocycles. The van der Waals surface area contributed by atoms with Crippen LogP contribution >= 0.6 is 0 Å². The average Bonchev–Trinajstić information content (AvgIpc) is 2.38. The molecule has 0 saturated carbocycles. The van der Waals surface area contributed by atoms with E-state index in [9.17, 15) is 10.0 Å². The summed E-state index contributed by atoms with van der Waals surface area (Å²) in [5.74, 6) is 0.130. The topological polar surface area (TPSA) is 52.7 Å². The molecular formula is C14H13N2O2+. The van der Waals surface area contributed by atoms with Gasteiger partial charge < -0.3 is 5.11 Å². The van der Waals surface area contributed by atoms with Crippen LogP contribution in [-0.2, 0) is 0 Å². The minimum Gasteiger partial charge on any atom is -0.506 e. The van der Waals surface area contributed by atoms with Gasteiger partial charge in [-0.05, 0) is 17.7 Å². The molecule has 0 radical (unpaired) electrons. The Hall–Kier alpha value is -2.49. The van der Waals surface area contributed by atoms with Crippen molar-refractivity contribution in [3.63, 3.8) is 0 Å². The van der Waals surface area contributed by atoms with Crippen molar-refractivity contribution in [3.8, 4) is 5.75 Å². The molecule has 0 fully saturated rings.